The van der Waals surface area contributed by atoms with Gasteiger partial charge in [-0.05, 0) is 57.8 Å². The summed E-state index contributed by atoms with van der Waals surface area (Å²) in [4.78, 5) is 54.0. The Bertz CT molecular complexity index is 1360. The van der Waals surface area contributed by atoms with Crippen molar-refractivity contribution < 1.29 is 28.8 Å². The van der Waals surface area contributed by atoms with Crippen LogP contribution in [0.3, 0.4) is 0 Å². The predicted molar refractivity (Wildman–Crippen MR) is 289 cm³/mol. The van der Waals surface area contributed by atoms with E-state index >= 15 is 0 Å². The molecule has 0 aliphatic rings. The maximum absolute atomic E-state index is 13.2. The van der Waals surface area contributed by atoms with Crippen LogP contribution in [0.4, 0.5) is 11.4 Å². The highest BCUT2D eigenvalue weighted by Gasteiger charge is 2.23. The number of hydrogen-bond acceptors (Lipinski definition) is 9. The quantitative estimate of drug-likeness (QED) is 0.0293. The molecule has 0 bridgehead atoms. The van der Waals surface area contributed by atoms with Gasteiger partial charge in [0.1, 0.15) is 6.04 Å². The maximum atomic E-state index is 13.2. The van der Waals surface area contributed by atoms with E-state index in [2.05, 4.69) is 36.0 Å². The molecule has 0 heterocycles. The Labute approximate surface area is 423 Å². The minimum atomic E-state index is -0.840. The number of rotatable bonds is 51. The van der Waals surface area contributed by atoms with E-state index in [1.807, 2.05) is 7.05 Å². The van der Waals surface area contributed by atoms with Crippen LogP contribution in [0.1, 0.15) is 264 Å². The highest BCUT2D eigenvalue weighted by atomic mass is 16.6. The molecule has 1 atom stereocenters. The maximum Gasteiger partial charge on any atom is 0.328 e. The van der Waals surface area contributed by atoms with Crippen molar-refractivity contribution in [3.05, 3.63) is 34.4 Å². The number of benzene rings is 1. The van der Waals surface area contributed by atoms with Crippen LogP contribution in [0, 0.1) is 10.1 Å². The molecule has 0 radical (unpaired) electrons. The monoisotopic (exact) mass is 971 g/mol. The fourth-order valence-corrected chi connectivity index (χ4v) is 9.02. The first-order valence-electron chi connectivity index (χ1n) is 28.9. The molecular formula is C58H106N4O7. The summed E-state index contributed by atoms with van der Waals surface area (Å²) >= 11 is 0. The van der Waals surface area contributed by atoms with Crippen molar-refractivity contribution in [1.82, 2.24) is 10.2 Å². The molecular weight excluding hydrogens is 865 g/mol. The van der Waals surface area contributed by atoms with Crippen molar-refractivity contribution in [3.63, 3.8) is 0 Å². The molecule has 11 heteroatoms. The molecule has 0 aromatic heterocycles. The van der Waals surface area contributed by atoms with Crippen LogP contribution in [-0.2, 0) is 23.9 Å². The van der Waals surface area contributed by atoms with Crippen LogP contribution < -0.4 is 10.2 Å². The molecule has 0 saturated heterocycles. The average molecular weight is 972 g/mol. The molecule has 1 aromatic carbocycles. The van der Waals surface area contributed by atoms with Gasteiger partial charge in [0.25, 0.3) is 5.69 Å². The minimum absolute atomic E-state index is 0.0788. The zero-order valence-electron chi connectivity index (χ0n) is 45.2. The first kappa shape index (κ1) is 63.8. The first-order chi connectivity index (χ1) is 33.7. The van der Waals surface area contributed by atoms with Gasteiger partial charge in [-0.3, -0.25) is 19.7 Å². The molecule has 1 amide bonds. The molecule has 400 valence electrons. The van der Waals surface area contributed by atoms with Gasteiger partial charge in [-0.25, -0.2) is 4.79 Å². The number of nitrogens with zero attached hydrogens (tertiary/aromatic N) is 3. The summed E-state index contributed by atoms with van der Waals surface area (Å²) in [5, 5.41) is 13.8. The Morgan fingerprint density at radius 2 is 0.899 bits per heavy atom. The highest BCUT2D eigenvalue weighted by Crippen LogP contribution is 2.19. The Morgan fingerprint density at radius 1 is 0.507 bits per heavy atom. The average Bonchev–Trinajstić information content (AvgIpc) is 3.34. The van der Waals surface area contributed by atoms with Crippen molar-refractivity contribution >= 4 is 29.2 Å². The van der Waals surface area contributed by atoms with Crippen molar-refractivity contribution in [3.8, 4) is 0 Å². The normalized spacial score (nSPS) is 11.8. The Hall–Kier alpha value is -3.21. The molecule has 1 aromatic rings. The lowest BCUT2D eigenvalue weighted by molar-refractivity contribution is -0.384. The van der Waals surface area contributed by atoms with E-state index in [1.165, 1.54) is 167 Å². The summed E-state index contributed by atoms with van der Waals surface area (Å²) in [7, 11) is 4.16. The zero-order valence-corrected chi connectivity index (χ0v) is 45.2. The number of anilines is 1. The predicted octanol–water partition coefficient (Wildman–Crippen LogP) is 15.8. The third-order valence-corrected chi connectivity index (χ3v) is 13.8. The number of hydrogen-bond donors (Lipinski definition) is 1. The standard InChI is InChI=1S/C58H106N4O7/c1-5-7-9-11-13-15-17-19-21-23-27-31-35-39-51-68-57(64)47-46-55(58(65)69-52-40-36-32-28-24-22-20-18-16-14-12-10-8-6-2)59-56(63)41-37-33-29-25-26-30-34-38-48-60(3)49-50-61(4)53-42-44-54(45-43-53)62(66)67/h42-45,55H,5-41,46-52H2,1-4H3,(H,59,63)/t55-/m0/s1. The van der Waals surface area contributed by atoms with E-state index in [9.17, 15) is 24.5 Å². The van der Waals surface area contributed by atoms with Crippen molar-refractivity contribution in [2.45, 2.75) is 270 Å². The number of carbonyl (C=O) groups is 3. The Kier molecular flexibility index (Phi) is 43.6. The number of likely N-dealkylation sites (N-methyl/N-ethyl adjacent to an activating group) is 2. The Balaban J connectivity index is 2.30. The summed E-state index contributed by atoms with van der Waals surface area (Å²) in [6.07, 6.45) is 44.9. The second kappa shape index (κ2) is 47.1. The first-order valence-corrected chi connectivity index (χ1v) is 28.9. The smallest absolute Gasteiger partial charge is 0.328 e. The van der Waals surface area contributed by atoms with Crippen molar-refractivity contribution in [2.75, 3.05) is 51.8 Å². The van der Waals surface area contributed by atoms with Gasteiger partial charge >= 0.3 is 11.9 Å². The number of esters is 2. The van der Waals surface area contributed by atoms with Gasteiger partial charge in [0.15, 0.2) is 0 Å². The lowest BCUT2D eigenvalue weighted by Gasteiger charge is -2.23. The minimum Gasteiger partial charge on any atom is -0.466 e. The van der Waals surface area contributed by atoms with Crippen LogP contribution in [0.15, 0.2) is 24.3 Å². The molecule has 1 N–H and O–H groups in total. The van der Waals surface area contributed by atoms with E-state index in [4.69, 9.17) is 9.47 Å². The van der Waals surface area contributed by atoms with Crippen LogP contribution >= 0.6 is 0 Å². The second-order valence-electron chi connectivity index (χ2n) is 20.3. The van der Waals surface area contributed by atoms with Gasteiger partial charge in [-0.15, -0.1) is 0 Å². The third kappa shape index (κ3) is 40.1. The van der Waals surface area contributed by atoms with Gasteiger partial charge < -0.3 is 24.6 Å². The number of unbranched alkanes of at least 4 members (excludes halogenated alkanes) is 33. The molecule has 0 saturated carbocycles. The summed E-state index contributed by atoms with van der Waals surface area (Å²) < 4.78 is 11.2. The van der Waals surface area contributed by atoms with Crippen molar-refractivity contribution in [2.24, 2.45) is 0 Å². The fourth-order valence-electron chi connectivity index (χ4n) is 9.02. The van der Waals surface area contributed by atoms with Crippen LogP contribution in [0.2, 0.25) is 0 Å². The van der Waals surface area contributed by atoms with Gasteiger partial charge in [-0.2, -0.15) is 0 Å². The second-order valence-corrected chi connectivity index (χ2v) is 20.3. The topological polar surface area (TPSA) is 131 Å². The molecule has 0 aliphatic heterocycles. The zero-order chi connectivity index (χ0) is 50.3. The SMILES string of the molecule is CCCCCCCCCCCCCCCCOC(=O)CC[C@H](NC(=O)CCCCCCCCCCN(C)CCN(C)c1ccc([N+](=O)[O-])cc1)C(=O)OCCCCCCCCCCCCCCCC. The summed E-state index contributed by atoms with van der Waals surface area (Å²) in [6.45, 7) is 8.10. The molecule has 69 heavy (non-hydrogen) atoms. The van der Waals surface area contributed by atoms with Gasteiger partial charge in [-0.1, -0.05) is 219 Å². The number of non-ortho nitro benzene ring substituents is 1. The number of amides is 1. The summed E-state index contributed by atoms with van der Waals surface area (Å²) in [5.41, 5.74) is 1.09. The van der Waals surface area contributed by atoms with Gasteiger partial charge in [0.05, 0.1) is 18.1 Å². The van der Waals surface area contributed by atoms with Crippen LogP contribution in [-0.4, -0.2) is 80.7 Å². The van der Waals surface area contributed by atoms with E-state index in [0.717, 1.165) is 89.5 Å². The molecule has 0 fully saturated rings. The number of ether oxygens (including phenoxy) is 2. The van der Waals surface area contributed by atoms with E-state index in [1.54, 1.807) is 24.3 Å². The van der Waals surface area contributed by atoms with Crippen LogP contribution in [0.25, 0.3) is 0 Å². The number of nitrogens with one attached hydrogen (secondary N) is 1. The van der Waals surface area contributed by atoms with Gasteiger partial charge in [0, 0.05) is 50.8 Å². The van der Waals surface area contributed by atoms with E-state index in [0.29, 0.717) is 19.6 Å². The largest absolute Gasteiger partial charge is 0.466 e. The van der Waals surface area contributed by atoms with E-state index in [-0.39, 0.29) is 35.3 Å². The lowest BCUT2D eigenvalue weighted by Crippen LogP contribution is -2.42. The van der Waals surface area contributed by atoms with E-state index < -0.39 is 12.0 Å². The number of carbonyl (C=O) groups excluding carboxylic acids is 3. The van der Waals surface area contributed by atoms with Crippen LogP contribution in [0.5, 0.6) is 0 Å². The van der Waals surface area contributed by atoms with Gasteiger partial charge in [0.2, 0.25) is 5.91 Å². The third-order valence-electron chi connectivity index (χ3n) is 13.8. The molecule has 0 aliphatic carbocycles. The fraction of sp³-hybridized carbons (Fsp3) is 0.845. The highest BCUT2D eigenvalue weighted by molar-refractivity contribution is 5.85. The Morgan fingerprint density at radius 3 is 1.33 bits per heavy atom. The number of nitro benzene ring substituents is 1. The molecule has 1 rings (SSSR count). The van der Waals surface area contributed by atoms with Crippen molar-refractivity contribution in [1.29, 1.82) is 0 Å². The molecule has 0 spiro atoms. The number of nitro groups is 1. The molecule has 0 unspecified atom stereocenters. The molecule has 11 nitrogen and oxygen atoms in total. The summed E-state index contributed by atoms with van der Waals surface area (Å²) in [5.74, 6) is -0.925. The summed E-state index contributed by atoms with van der Waals surface area (Å²) in [6, 6.07) is 5.86. The lowest BCUT2D eigenvalue weighted by atomic mass is 10.0.